The van der Waals surface area contributed by atoms with E-state index in [-0.39, 0.29) is 5.82 Å². The Hall–Kier alpha value is -2.80. The lowest BCUT2D eigenvalue weighted by Crippen LogP contribution is -2.07. The lowest BCUT2D eigenvalue weighted by atomic mass is 9.90. The topological polar surface area (TPSA) is 42.2 Å². The third-order valence-electron chi connectivity index (χ3n) is 4.61. The van der Waals surface area contributed by atoms with Crippen molar-refractivity contribution in [2.75, 3.05) is 13.7 Å². The summed E-state index contributed by atoms with van der Waals surface area (Å²) in [6, 6.07) is 12.7. The lowest BCUT2D eigenvalue weighted by molar-refractivity contribution is 0.305. The molecule has 0 saturated carbocycles. The highest BCUT2D eigenvalue weighted by Crippen LogP contribution is 2.39. The number of methoxy groups -OCH3 is 1. The average Bonchev–Trinajstić information content (AvgIpc) is 2.68. The van der Waals surface area contributed by atoms with E-state index in [4.69, 9.17) is 9.47 Å². The third-order valence-corrected chi connectivity index (χ3v) is 4.61. The van der Waals surface area contributed by atoms with Crippen molar-refractivity contribution in [3.63, 3.8) is 0 Å². The number of hydrogen-bond donors (Lipinski definition) is 0. The van der Waals surface area contributed by atoms with Gasteiger partial charge in [-0.05, 0) is 61.9 Å². The van der Waals surface area contributed by atoms with Gasteiger partial charge in [-0.3, -0.25) is 0 Å². The van der Waals surface area contributed by atoms with Crippen molar-refractivity contribution < 1.29 is 13.9 Å². The van der Waals surface area contributed by atoms with Crippen molar-refractivity contribution in [2.45, 2.75) is 32.1 Å². The van der Waals surface area contributed by atoms with Gasteiger partial charge in [-0.2, -0.15) is 5.26 Å². The second-order valence-electron chi connectivity index (χ2n) is 6.32. The Morgan fingerprint density at radius 1 is 1.08 bits per heavy atom. The first-order valence-corrected chi connectivity index (χ1v) is 8.90. The maximum Gasteiger partial charge on any atom is 0.128 e. The first kappa shape index (κ1) is 18.0. The number of nitriles is 1. The van der Waals surface area contributed by atoms with Crippen LogP contribution in [0.4, 0.5) is 4.39 Å². The molecule has 1 aliphatic carbocycles. The third kappa shape index (κ3) is 4.05. The molecule has 0 bridgehead atoms. The molecule has 0 saturated heterocycles. The minimum atomic E-state index is -0.206. The monoisotopic (exact) mass is 351 g/mol. The Morgan fingerprint density at radius 3 is 2.58 bits per heavy atom. The number of unbranched alkanes of at least 4 members (excludes halogenated alkanes) is 1. The van der Waals surface area contributed by atoms with Crippen LogP contribution in [0, 0.1) is 17.1 Å². The number of aryl methyl sites for hydroxylation is 1. The fraction of sp³-hybridized carbons (Fsp3) is 0.318. The Labute approximate surface area is 153 Å². The molecule has 3 rings (SSSR count). The molecule has 0 aromatic heterocycles. The summed E-state index contributed by atoms with van der Waals surface area (Å²) in [5, 5.41) is 9.44. The van der Waals surface area contributed by atoms with E-state index < -0.39 is 0 Å². The zero-order valence-corrected chi connectivity index (χ0v) is 14.9. The minimum Gasteiger partial charge on any atom is -0.496 e. The van der Waals surface area contributed by atoms with Gasteiger partial charge in [-0.25, -0.2) is 4.39 Å². The highest BCUT2D eigenvalue weighted by Gasteiger charge is 2.21. The number of fused-ring (bicyclic) bond motifs is 1. The fourth-order valence-corrected chi connectivity index (χ4v) is 3.29. The quantitative estimate of drug-likeness (QED) is 0.653. The van der Waals surface area contributed by atoms with Gasteiger partial charge >= 0.3 is 0 Å². The number of allylic oxidation sites excluding steroid dienone is 2. The van der Waals surface area contributed by atoms with Crippen LogP contribution in [0.2, 0.25) is 0 Å². The molecule has 0 fully saturated rings. The first-order chi connectivity index (χ1) is 12.7. The molecular formula is C22H22FNO2. The number of nitrogens with zero attached hydrogens (tertiary/aromatic N) is 1. The van der Waals surface area contributed by atoms with Crippen LogP contribution in [0.25, 0.3) is 5.57 Å². The van der Waals surface area contributed by atoms with Crippen LogP contribution in [0.15, 0.2) is 42.5 Å². The van der Waals surface area contributed by atoms with Gasteiger partial charge in [0.1, 0.15) is 17.3 Å². The summed E-state index contributed by atoms with van der Waals surface area (Å²) in [5.41, 5.74) is 3.71. The van der Waals surface area contributed by atoms with Gasteiger partial charge in [0.15, 0.2) is 0 Å². The molecule has 0 atom stereocenters. The summed E-state index contributed by atoms with van der Waals surface area (Å²) in [5.74, 6) is 1.35. The lowest BCUT2D eigenvalue weighted by Gasteiger charge is -2.20. The number of halogens is 1. The van der Waals surface area contributed by atoms with E-state index in [2.05, 4.69) is 6.07 Å². The predicted octanol–water partition coefficient (Wildman–Crippen LogP) is 5.09. The van der Waals surface area contributed by atoms with E-state index >= 15 is 0 Å². The molecule has 0 heterocycles. The molecule has 0 spiro atoms. The predicted molar refractivity (Wildman–Crippen MR) is 99.7 cm³/mol. The van der Waals surface area contributed by atoms with Crippen LogP contribution in [0.1, 0.15) is 36.0 Å². The van der Waals surface area contributed by atoms with E-state index in [9.17, 15) is 9.65 Å². The minimum absolute atomic E-state index is 0.206. The van der Waals surface area contributed by atoms with Crippen molar-refractivity contribution in [1.82, 2.24) is 0 Å². The van der Waals surface area contributed by atoms with Crippen molar-refractivity contribution in [1.29, 1.82) is 5.26 Å². The van der Waals surface area contributed by atoms with E-state index in [0.717, 1.165) is 60.3 Å². The van der Waals surface area contributed by atoms with Crippen molar-refractivity contribution in [3.8, 4) is 17.6 Å². The van der Waals surface area contributed by atoms with Crippen LogP contribution in [-0.4, -0.2) is 13.7 Å². The van der Waals surface area contributed by atoms with Gasteiger partial charge in [0.05, 0.1) is 25.4 Å². The van der Waals surface area contributed by atoms with Crippen molar-refractivity contribution in [3.05, 3.63) is 65.0 Å². The summed E-state index contributed by atoms with van der Waals surface area (Å²) >= 11 is 0. The number of benzene rings is 2. The SMILES string of the molecule is COc1ccc(OCCCCc2ccc(F)cc2)c2c1CCC=C2C#N. The molecule has 2 aromatic rings. The maximum absolute atomic E-state index is 12.9. The maximum atomic E-state index is 12.9. The molecule has 0 radical (unpaired) electrons. The standard InChI is InChI=1S/C22H22FNO2/c1-25-20-12-13-21(22-17(15-24)6-4-7-19(20)22)26-14-3-2-5-16-8-10-18(23)11-9-16/h6,8-13H,2-5,7,14H2,1H3. The Bertz CT molecular complexity index is 834. The number of hydrogen-bond acceptors (Lipinski definition) is 3. The molecule has 134 valence electrons. The first-order valence-electron chi connectivity index (χ1n) is 8.90. The van der Waals surface area contributed by atoms with Crippen molar-refractivity contribution >= 4 is 5.57 Å². The molecule has 0 amide bonds. The van der Waals surface area contributed by atoms with Gasteiger partial charge in [-0.15, -0.1) is 0 Å². The molecule has 2 aromatic carbocycles. The van der Waals surface area contributed by atoms with Crippen molar-refractivity contribution in [2.24, 2.45) is 0 Å². The average molecular weight is 351 g/mol. The highest BCUT2D eigenvalue weighted by molar-refractivity contribution is 5.84. The largest absolute Gasteiger partial charge is 0.496 e. The van der Waals surface area contributed by atoms with Crippen LogP contribution < -0.4 is 9.47 Å². The van der Waals surface area contributed by atoms with Crippen LogP contribution in [-0.2, 0) is 12.8 Å². The van der Waals surface area contributed by atoms with E-state index in [1.807, 2.05) is 30.3 Å². The molecule has 0 unspecified atom stereocenters. The molecule has 4 heteroatoms. The van der Waals surface area contributed by atoms with Crippen LogP contribution in [0.3, 0.4) is 0 Å². The van der Waals surface area contributed by atoms with Gasteiger partial charge in [-0.1, -0.05) is 18.2 Å². The zero-order valence-electron chi connectivity index (χ0n) is 14.9. The summed E-state index contributed by atoms with van der Waals surface area (Å²) in [4.78, 5) is 0. The molecule has 26 heavy (non-hydrogen) atoms. The summed E-state index contributed by atoms with van der Waals surface area (Å²) < 4.78 is 24.3. The van der Waals surface area contributed by atoms with E-state index in [0.29, 0.717) is 12.2 Å². The molecule has 1 aliphatic rings. The Balaban J connectivity index is 1.61. The van der Waals surface area contributed by atoms with Crippen LogP contribution >= 0.6 is 0 Å². The van der Waals surface area contributed by atoms with Gasteiger partial charge in [0, 0.05) is 11.1 Å². The number of ether oxygens (including phenoxy) is 2. The molecule has 3 nitrogen and oxygen atoms in total. The summed E-state index contributed by atoms with van der Waals surface area (Å²) in [7, 11) is 1.65. The Morgan fingerprint density at radius 2 is 1.85 bits per heavy atom. The van der Waals surface area contributed by atoms with E-state index in [1.54, 1.807) is 7.11 Å². The summed E-state index contributed by atoms with van der Waals surface area (Å²) in [6.07, 6.45) is 6.41. The molecule has 0 N–H and O–H groups in total. The van der Waals surface area contributed by atoms with Crippen LogP contribution in [0.5, 0.6) is 11.5 Å². The second kappa shape index (κ2) is 8.53. The number of rotatable bonds is 7. The smallest absolute Gasteiger partial charge is 0.128 e. The van der Waals surface area contributed by atoms with Gasteiger partial charge < -0.3 is 9.47 Å². The highest BCUT2D eigenvalue weighted by atomic mass is 19.1. The summed E-state index contributed by atoms with van der Waals surface area (Å²) in [6.45, 7) is 0.582. The van der Waals surface area contributed by atoms with Gasteiger partial charge in [0.25, 0.3) is 0 Å². The zero-order chi connectivity index (χ0) is 18.4. The Kier molecular flexibility index (Phi) is 5.91. The second-order valence-corrected chi connectivity index (χ2v) is 6.32. The van der Waals surface area contributed by atoms with Gasteiger partial charge in [0.2, 0.25) is 0 Å². The molecular weight excluding hydrogens is 329 g/mol. The van der Waals surface area contributed by atoms with E-state index in [1.165, 1.54) is 12.1 Å². The molecule has 0 aliphatic heterocycles. The normalized spacial score (nSPS) is 12.7. The fourth-order valence-electron chi connectivity index (χ4n) is 3.29.